The molecule has 0 spiro atoms. The molecule has 0 aliphatic carbocycles. The van der Waals surface area contributed by atoms with E-state index in [-0.39, 0.29) is 24.8 Å². The highest BCUT2D eigenvalue weighted by Crippen LogP contribution is 2.16. The lowest BCUT2D eigenvalue weighted by Gasteiger charge is -2.20. The number of rotatable bonds is 8. The highest BCUT2D eigenvalue weighted by atomic mass is 16.5. The summed E-state index contributed by atoms with van der Waals surface area (Å²) in [7, 11) is 0. The first kappa shape index (κ1) is 18.7. The fourth-order valence-corrected chi connectivity index (χ4v) is 2.12. The molecule has 0 radical (unpaired) electrons. The van der Waals surface area contributed by atoms with E-state index in [1.807, 2.05) is 6.92 Å². The number of anilines is 1. The number of ether oxygens (including phenoxy) is 1. The molecule has 0 saturated carbocycles. The molecule has 6 heteroatoms. The number of carbonyl (C=O) groups excluding carboxylic acids is 3. The number of carbonyl (C=O) groups is 3. The molecule has 0 unspecified atom stereocenters. The van der Waals surface area contributed by atoms with Gasteiger partial charge < -0.3 is 15.0 Å². The van der Waals surface area contributed by atoms with Gasteiger partial charge in [0.25, 0.3) is 0 Å². The number of benzene rings is 1. The van der Waals surface area contributed by atoms with E-state index >= 15 is 0 Å². The molecular weight excluding hydrogens is 296 g/mol. The summed E-state index contributed by atoms with van der Waals surface area (Å²) in [5, 5.41) is 2.71. The van der Waals surface area contributed by atoms with E-state index in [1.165, 1.54) is 6.92 Å². The zero-order chi connectivity index (χ0) is 17.2. The number of esters is 1. The van der Waals surface area contributed by atoms with Crippen molar-refractivity contribution in [2.24, 2.45) is 0 Å². The van der Waals surface area contributed by atoms with Gasteiger partial charge in [-0.25, -0.2) is 4.79 Å². The number of nitrogens with zero attached hydrogens (tertiary/aromatic N) is 1. The predicted octanol–water partition coefficient (Wildman–Crippen LogP) is 2.45. The Balaban J connectivity index is 2.67. The highest BCUT2D eigenvalue weighted by Gasteiger charge is 2.15. The Kier molecular flexibility index (Phi) is 7.80. The quantitative estimate of drug-likeness (QED) is 0.747. The second kappa shape index (κ2) is 9.61. The van der Waals surface area contributed by atoms with Gasteiger partial charge >= 0.3 is 5.97 Å². The Bertz CT molecular complexity index is 557. The van der Waals surface area contributed by atoms with E-state index in [0.29, 0.717) is 24.3 Å². The zero-order valence-electron chi connectivity index (χ0n) is 13.9. The molecule has 0 atom stereocenters. The lowest BCUT2D eigenvalue weighted by atomic mass is 10.1. The van der Waals surface area contributed by atoms with Crippen molar-refractivity contribution in [1.29, 1.82) is 0 Å². The van der Waals surface area contributed by atoms with Crippen LogP contribution in [-0.4, -0.2) is 42.4 Å². The van der Waals surface area contributed by atoms with Crippen LogP contribution in [0.25, 0.3) is 0 Å². The van der Waals surface area contributed by atoms with Crippen molar-refractivity contribution in [1.82, 2.24) is 4.90 Å². The zero-order valence-corrected chi connectivity index (χ0v) is 13.9. The third-order valence-electron chi connectivity index (χ3n) is 3.24. The largest absolute Gasteiger partial charge is 0.462 e. The second-order valence-corrected chi connectivity index (χ2v) is 5.07. The molecule has 2 amide bonds. The van der Waals surface area contributed by atoms with Gasteiger partial charge in [-0.3, -0.25) is 9.59 Å². The maximum atomic E-state index is 12.1. The molecule has 23 heavy (non-hydrogen) atoms. The number of hydrogen-bond donors (Lipinski definition) is 1. The van der Waals surface area contributed by atoms with Crippen LogP contribution >= 0.6 is 0 Å². The summed E-state index contributed by atoms with van der Waals surface area (Å²) in [6.07, 6.45) is 1.02. The molecule has 0 aliphatic heterocycles. The van der Waals surface area contributed by atoms with Crippen molar-refractivity contribution in [3.05, 3.63) is 29.8 Å². The molecule has 6 nitrogen and oxygen atoms in total. The van der Waals surface area contributed by atoms with E-state index in [1.54, 1.807) is 36.1 Å². The van der Waals surface area contributed by atoms with Crippen LogP contribution in [0.1, 0.15) is 44.0 Å². The Morgan fingerprint density at radius 2 is 1.83 bits per heavy atom. The Labute approximate surface area is 136 Å². The lowest BCUT2D eigenvalue weighted by molar-refractivity contribution is -0.129. The number of hydrogen-bond acceptors (Lipinski definition) is 4. The summed E-state index contributed by atoms with van der Waals surface area (Å²) in [5.41, 5.74) is 0.737. The second-order valence-electron chi connectivity index (χ2n) is 5.07. The normalized spacial score (nSPS) is 10.0. The molecule has 1 aromatic carbocycles. The van der Waals surface area contributed by atoms with Gasteiger partial charge in [0.15, 0.2) is 0 Å². The van der Waals surface area contributed by atoms with E-state index in [4.69, 9.17) is 4.74 Å². The molecule has 126 valence electrons. The minimum Gasteiger partial charge on any atom is -0.462 e. The Morgan fingerprint density at radius 3 is 2.43 bits per heavy atom. The van der Waals surface area contributed by atoms with Crippen molar-refractivity contribution in [2.45, 2.75) is 33.6 Å². The lowest BCUT2D eigenvalue weighted by Crippen LogP contribution is -2.32. The SMILES string of the molecule is CCCN(CCC(=O)Nc1ccccc1C(=O)OCC)C(C)=O. The summed E-state index contributed by atoms with van der Waals surface area (Å²) in [4.78, 5) is 37.0. The van der Waals surface area contributed by atoms with Crippen LogP contribution in [0.4, 0.5) is 5.69 Å². The monoisotopic (exact) mass is 320 g/mol. The van der Waals surface area contributed by atoms with Crippen LogP contribution in [0.5, 0.6) is 0 Å². The van der Waals surface area contributed by atoms with Crippen molar-refractivity contribution < 1.29 is 19.1 Å². The van der Waals surface area contributed by atoms with Crippen LogP contribution in [-0.2, 0) is 14.3 Å². The van der Waals surface area contributed by atoms with Crippen molar-refractivity contribution in [3.8, 4) is 0 Å². The standard InChI is InChI=1S/C17H24N2O4/c1-4-11-19(13(3)20)12-10-16(21)18-15-9-7-6-8-14(15)17(22)23-5-2/h6-9H,4-5,10-12H2,1-3H3,(H,18,21). The maximum Gasteiger partial charge on any atom is 0.340 e. The summed E-state index contributed by atoms with van der Waals surface area (Å²) < 4.78 is 4.97. The van der Waals surface area contributed by atoms with Gasteiger partial charge in [-0.1, -0.05) is 19.1 Å². The van der Waals surface area contributed by atoms with Gasteiger partial charge in [-0.2, -0.15) is 0 Å². The van der Waals surface area contributed by atoms with Crippen molar-refractivity contribution in [3.63, 3.8) is 0 Å². The van der Waals surface area contributed by atoms with E-state index in [9.17, 15) is 14.4 Å². The van der Waals surface area contributed by atoms with Crippen molar-refractivity contribution in [2.75, 3.05) is 25.0 Å². The Hall–Kier alpha value is -2.37. The van der Waals surface area contributed by atoms with Crippen LogP contribution in [0.2, 0.25) is 0 Å². The average Bonchev–Trinajstić information content (AvgIpc) is 2.51. The van der Waals surface area contributed by atoms with Crippen molar-refractivity contribution >= 4 is 23.5 Å². The average molecular weight is 320 g/mol. The first-order valence-corrected chi connectivity index (χ1v) is 7.81. The highest BCUT2D eigenvalue weighted by molar-refractivity contribution is 6.01. The molecule has 0 saturated heterocycles. The van der Waals surface area contributed by atoms with Gasteiger partial charge in [0, 0.05) is 26.4 Å². The fourth-order valence-electron chi connectivity index (χ4n) is 2.12. The first-order chi connectivity index (χ1) is 11.0. The summed E-state index contributed by atoms with van der Waals surface area (Å²) in [6.45, 7) is 6.45. The van der Waals surface area contributed by atoms with Gasteiger partial charge in [-0.15, -0.1) is 0 Å². The third kappa shape index (κ3) is 6.10. The fraction of sp³-hybridized carbons (Fsp3) is 0.471. The number of amides is 2. The number of nitrogens with one attached hydrogen (secondary N) is 1. The van der Waals surface area contributed by atoms with Crippen LogP contribution in [0, 0.1) is 0 Å². The molecule has 0 bridgehead atoms. The van der Waals surface area contributed by atoms with Crippen LogP contribution in [0.3, 0.4) is 0 Å². The molecule has 0 aliphatic rings. The molecule has 0 fully saturated rings. The Morgan fingerprint density at radius 1 is 1.13 bits per heavy atom. The molecule has 1 rings (SSSR count). The third-order valence-corrected chi connectivity index (χ3v) is 3.24. The maximum absolute atomic E-state index is 12.1. The van der Waals surface area contributed by atoms with Crippen LogP contribution < -0.4 is 5.32 Å². The molecule has 1 aromatic rings. The minimum atomic E-state index is -0.472. The smallest absolute Gasteiger partial charge is 0.340 e. The van der Waals surface area contributed by atoms with E-state index < -0.39 is 5.97 Å². The van der Waals surface area contributed by atoms with E-state index in [0.717, 1.165) is 6.42 Å². The summed E-state index contributed by atoms with van der Waals surface area (Å²) >= 11 is 0. The molecule has 0 heterocycles. The first-order valence-electron chi connectivity index (χ1n) is 7.81. The molecule has 1 N–H and O–H groups in total. The summed E-state index contributed by atoms with van der Waals surface area (Å²) in [6, 6.07) is 6.70. The number of para-hydroxylation sites is 1. The minimum absolute atomic E-state index is 0.0495. The predicted molar refractivity (Wildman–Crippen MR) is 88.2 cm³/mol. The van der Waals surface area contributed by atoms with Gasteiger partial charge in [0.05, 0.1) is 17.9 Å². The topological polar surface area (TPSA) is 75.7 Å². The van der Waals surface area contributed by atoms with Gasteiger partial charge in [0.1, 0.15) is 0 Å². The van der Waals surface area contributed by atoms with E-state index in [2.05, 4.69) is 5.32 Å². The van der Waals surface area contributed by atoms with Gasteiger partial charge in [0.2, 0.25) is 11.8 Å². The van der Waals surface area contributed by atoms with Gasteiger partial charge in [-0.05, 0) is 25.5 Å². The summed E-state index contributed by atoms with van der Waals surface area (Å²) in [5.74, 6) is -0.768. The molecule has 0 aromatic heterocycles. The molecular formula is C17H24N2O4. The van der Waals surface area contributed by atoms with Crippen LogP contribution in [0.15, 0.2) is 24.3 Å².